The second-order valence-electron chi connectivity index (χ2n) is 6.16. The molecule has 0 N–H and O–H groups in total. The van der Waals surface area contributed by atoms with Crippen LogP contribution in [0.1, 0.15) is 11.1 Å². The molecule has 0 unspecified atom stereocenters. The fraction of sp³-hybridized carbons (Fsp3) is 0.143. The Balaban J connectivity index is 2.08. The second-order valence-corrected chi connectivity index (χ2v) is 8.02. The maximum absolute atomic E-state index is 13.3. The van der Waals surface area contributed by atoms with Crippen LogP contribution in [0, 0.1) is 12.7 Å². The molecule has 0 aliphatic carbocycles. The molecule has 0 amide bonds. The molecule has 0 spiro atoms. The summed E-state index contributed by atoms with van der Waals surface area (Å²) in [6.07, 6.45) is 0. The number of nitrogens with zero attached hydrogens (tertiary/aromatic N) is 1. The van der Waals surface area contributed by atoms with Crippen LogP contribution >= 0.6 is 0 Å². The Morgan fingerprint density at radius 1 is 0.963 bits per heavy atom. The first-order valence-corrected chi connectivity index (χ1v) is 9.82. The Labute approximate surface area is 158 Å². The van der Waals surface area contributed by atoms with E-state index in [2.05, 4.69) is 0 Å². The van der Waals surface area contributed by atoms with E-state index in [0.717, 1.165) is 23.3 Å². The number of ether oxygens (including phenoxy) is 1. The zero-order chi connectivity index (χ0) is 19.4. The Morgan fingerprint density at radius 2 is 1.67 bits per heavy atom. The van der Waals surface area contributed by atoms with Gasteiger partial charge in [0.1, 0.15) is 11.6 Å². The van der Waals surface area contributed by atoms with E-state index < -0.39 is 15.8 Å². The lowest BCUT2D eigenvalue weighted by Gasteiger charge is -2.25. The van der Waals surface area contributed by atoms with E-state index in [0.29, 0.717) is 11.4 Å². The van der Waals surface area contributed by atoms with Gasteiger partial charge in [-0.05, 0) is 66.6 Å². The molecule has 0 heterocycles. The van der Waals surface area contributed by atoms with Gasteiger partial charge in [-0.1, -0.05) is 24.3 Å². The zero-order valence-electron chi connectivity index (χ0n) is 15.1. The zero-order valence-corrected chi connectivity index (χ0v) is 15.9. The molecule has 3 aromatic carbocycles. The lowest BCUT2D eigenvalue weighted by Crippen LogP contribution is -2.30. The Kier molecular flexibility index (Phi) is 5.46. The van der Waals surface area contributed by atoms with Crippen molar-refractivity contribution in [3.8, 4) is 5.75 Å². The fourth-order valence-electron chi connectivity index (χ4n) is 2.77. The average Bonchev–Trinajstić information content (AvgIpc) is 2.66. The van der Waals surface area contributed by atoms with Crippen LogP contribution in [0.3, 0.4) is 0 Å². The van der Waals surface area contributed by atoms with Crippen LogP contribution in [0.15, 0.2) is 77.7 Å². The highest BCUT2D eigenvalue weighted by Gasteiger charge is 2.25. The van der Waals surface area contributed by atoms with Crippen molar-refractivity contribution < 1.29 is 17.5 Å². The minimum Gasteiger partial charge on any atom is -0.497 e. The van der Waals surface area contributed by atoms with Crippen LogP contribution in [-0.2, 0) is 16.6 Å². The van der Waals surface area contributed by atoms with Gasteiger partial charge in [0.2, 0.25) is 0 Å². The standard InChI is InChI=1S/C21H20FNO3S/c1-16-5-3-7-19(13-16)23(15-17-6-4-8-20(14-17)26-2)27(24,25)21-11-9-18(22)10-12-21/h3-14H,15H2,1-2H3. The topological polar surface area (TPSA) is 46.6 Å². The second kappa shape index (κ2) is 7.80. The molecule has 3 rings (SSSR count). The average molecular weight is 385 g/mol. The highest BCUT2D eigenvalue weighted by atomic mass is 32.2. The number of methoxy groups -OCH3 is 1. The first-order chi connectivity index (χ1) is 12.9. The van der Waals surface area contributed by atoms with Crippen LogP contribution in [0.25, 0.3) is 0 Å². The van der Waals surface area contributed by atoms with Crippen molar-refractivity contribution in [1.29, 1.82) is 0 Å². The SMILES string of the molecule is COc1cccc(CN(c2cccc(C)c2)S(=O)(=O)c2ccc(F)cc2)c1. The van der Waals surface area contributed by atoms with Crippen LogP contribution in [-0.4, -0.2) is 15.5 Å². The largest absolute Gasteiger partial charge is 0.497 e. The van der Waals surface area contributed by atoms with E-state index in [1.165, 1.54) is 16.4 Å². The van der Waals surface area contributed by atoms with Crippen molar-refractivity contribution in [2.24, 2.45) is 0 Å². The van der Waals surface area contributed by atoms with Gasteiger partial charge in [-0.15, -0.1) is 0 Å². The fourth-order valence-corrected chi connectivity index (χ4v) is 4.21. The minimum absolute atomic E-state index is 0.0355. The van der Waals surface area contributed by atoms with Crippen molar-refractivity contribution in [1.82, 2.24) is 0 Å². The highest BCUT2D eigenvalue weighted by molar-refractivity contribution is 7.92. The predicted octanol–water partition coefficient (Wildman–Crippen LogP) is 4.54. The van der Waals surface area contributed by atoms with E-state index in [-0.39, 0.29) is 11.4 Å². The van der Waals surface area contributed by atoms with E-state index in [1.54, 1.807) is 31.4 Å². The number of hydrogen-bond donors (Lipinski definition) is 0. The number of sulfonamides is 1. The summed E-state index contributed by atoms with van der Waals surface area (Å²) in [6, 6.07) is 19.4. The molecule has 3 aromatic rings. The first-order valence-electron chi connectivity index (χ1n) is 8.38. The van der Waals surface area contributed by atoms with Crippen molar-refractivity contribution >= 4 is 15.7 Å². The number of rotatable bonds is 6. The van der Waals surface area contributed by atoms with Gasteiger partial charge in [0.25, 0.3) is 10.0 Å². The predicted molar refractivity (Wildman–Crippen MR) is 104 cm³/mol. The summed E-state index contributed by atoms with van der Waals surface area (Å²) in [5.41, 5.74) is 2.26. The number of halogens is 1. The molecule has 27 heavy (non-hydrogen) atoms. The third-order valence-electron chi connectivity index (χ3n) is 4.15. The van der Waals surface area contributed by atoms with Crippen molar-refractivity contribution in [3.63, 3.8) is 0 Å². The molecule has 0 atom stereocenters. The maximum atomic E-state index is 13.3. The molecule has 0 aliphatic rings. The molecule has 0 saturated carbocycles. The summed E-state index contributed by atoms with van der Waals surface area (Å²) in [5.74, 6) is 0.166. The lowest BCUT2D eigenvalue weighted by molar-refractivity contribution is 0.414. The summed E-state index contributed by atoms with van der Waals surface area (Å²) in [4.78, 5) is 0.0355. The summed E-state index contributed by atoms with van der Waals surface area (Å²) in [7, 11) is -2.32. The molecule has 0 aromatic heterocycles. The number of hydrogen-bond acceptors (Lipinski definition) is 3. The van der Waals surface area contributed by atoms with E-state index in [4.69, 9.17) is 4.74 Å². The molecule has 4 nitrogen and oxygen atoms in total. The summed E-state index contributed by atoms with van der Waals surface area (Å²) in [5, 5.41) is 0. The quantitative estimate of drug-likeness (QED) is 0.626. The Morgan fingerprint density at radius 3 is 2.33 bits per heavy atom. The van der Waals surface area contributed by atoms with Gasteiger partial charge in [-0.3, -0.25) is 4.31 Å². The van der Waals surface area contributed by atoms with Gasteiger partial charge in [-0.2, -0.15) is 0 Å². The van der Waals surface area contributed by atoms with E-state index >= 15 is 0 Å². The van der Waals surface area contributed by atoms with E-state index in [1.807, 2.05) is 31.2 Å². The number of aryl methyl sites for hydroxylation is 1. The van der Waals surface area contributed by atoms with Crippen LogP contribution in [0.5, 0.6) is 5.75 Å². The monoisotopic (exact) mass is 385 g/mol. The summed E-state index contributed by atoms with van der Waals surface area (Å²) in [6.45, 7) is 2.03. The Bertz CT molecular complexity index is 1030. The van der Waals surface area contributed by atoms with Gasteiger partial charge in [0.05, 0.1) is 24.2 Å². The van der Waals surface area contributed by atoms with Crippen LogP contribution < -0.4 is 9.04 Å². The van der Waals surface area contributed by atoms with Gasteiger partial charge in [0.15, 0.2) is 0 Å². The number of anilines is 1. The van der Waals surface area contributed by atoms with Crippen molar-refractivity contribution in [2.45, 2.75) is 18.4 Å². The number of benzene rings is 3. The lowest BCUT2D eigenvalue weighted by atomic mass is 10.2. The minimum atomic E-state index is -3.88. The summed E-state index contributed by atoms with van der Waals surface area (Å²) >= 11 is 0. The Hall–Kier alpha value is -2.86. The molecule has 0 radical (unpaired) electrons. The third kappa shape index (κ3) is 4.28. The van der Waals surface area contributed by atoms with Gasteiger partial charge in [-0.25, -0.2) is 12.8 Å². The molecule has 0 aliphatic heterocycles. The molecule has 0 fully saturated rings. The van der Waals surface area contributed by atoms with Crippen molar-refractivity contribution in [2.75, 3.05) is 11.4 Å². The maximum Gasteiger partial charge on any atom is 0.264 e. The van der Waals surface area contributed by atoms with E-state index in [9.17, 15) is 12.8 Å². The molecular formula is C21H20FNO3S. The third-order valence-corrected chi connectivity index (χ3v) is 5.94. The highest BCUT2D eigenvalue weighted by Crippen LogP contribution is 2.27. The van der Waals surface area contributed by atoms with Gasteiger partial charge >= 0.3 is 0 Å². The molecule has 0 bridgehead atoms. The first kappa shape index (κ1) is 18.9. The van der Waals surface area contributed by atoms with Crippen LogP contribution in [0.2, 0.25) is 0 Å². The van der Waals surface area contributed by atoms with Gasteiger partial charge in [0, 0.05) is 0 Å². The smallest absolute Gasteiger partial charge is 0.264 e. The molecule has 6 heteroatoms. The molecular weight excluding hydrogens is 365 g/mol. The normalized spacial score (nSPS) is 11.2. The summed E-state index contributed by atoms with van der Waals surface area (Å²) < 4.78 is 46.4. The van der Waals surface area contributed by atoms with Crippen molar-refractivity contribution in [3.05, 3.63) is 89.7 Å². The van der Waals surface area contributed by atoms with Crippen LogP contribution in [0.4, 0.5) is 10.1 Å². The molecule has 140 valence electrons. The van der Waals surface area contributed by atoms with Gasteiger partial charge < -0.3 is 4.74 Å². The molecule has 0 saturated heterocycles.